The summed E-state index contributed by atoms with van der Waals surface area (Å²) in [7, 11) is 0. The third-order valence-corrected chi connectivity index (χ3v) is 28.5. The van der Waals surface area contributed by atoms with Crippen molar-refractivity contribution in [2.45, 2.75) is 31.8 Å². The van der Waals surface area contributed by atoms with Crippen molar-refractivity contribution in [2.24, 2.45) is 0 Å². The molecule has 0 N–H and O–H groups in total. The summed E-state index contributed by atoms with van der Waals surface area (Å²) in [5, 5.41) is 1.95. The van der Waals surface area contributed by atoms with E-state index >= 15 is 0 Å². The molecular formula is C119H75B3N6O2. The van der Waals surface area contributed by atoms with Gasteiger partial charge in [-0.05, 0) is 155 Å². The molecule has 19 aromatic carbocycles. The van der Waals surface area contributed by atoms with Crippen molar-refractivity contribution in [2.75, 3.05) is 9.80 Å². The molecule has 23 aromatic rings. The Balaban J connectivity index is 0.923. The van der Waals surface area contributed by atoms with Crippen LogP contribution in [0.25, 0.3) is 143 Å². The van der Waals surface area contributed by atoms with E-state index in [2.05, 4.69) is 67.0 Å². The van der Waals surface area contributed by atoms with Gasteiger partial charge in [0.2, 0.25) is 0 Å². The van der Waals surface area contributed by atoms with E-state index in [1.807, 2.05) is 252 Å². The Morgan fingerprint density at radius 1 is 0.285 bits per heavy atom. The Morgan fingerprint density at radius 2 is 0.623 bits per heavy atom. The number of fused-ring (bicyclic) bond motifs is 20. The van der Waals surface area contributed by atoms with E-state index in [9.17, 15) is 27.4 Å². The maximum atomic E-state index is 12.6. The average molecular weight is 1670 g/mol. The van der Waals surface area contributed by atoms with Gasteiger partial charge in [0.1, 0.15) is 23.0 Å². The fourth-order valence-electron chi connectivity index (χ4n) is 23.4. The minimum absolute atomic E-state index is 0.00231. The molecule has 0 unspecified atom stereocenters. The van der Waals surface area contributed by atoms with Crippen LogP contribution in [0.15, 0.2) is 400 Å². The molecule has 0 atom stereocenters. The first kappa shape index (κ1) is 54.6. The molecule has 0 amide bonds. The molecule has 0 saturated heterocycles. The lowest BCUT2D eigenvalue weighted by Gasteiger charge is -2.49. The Morgan fingerprint density at radius 3 is 1.00 bits per heavy atom. The van der Waals surface area contributed by atoms with E-state index in [1.54, 1.807) is 9.13 Å². The zero-order valence-corrected chi connectivity index (χ0v) is 69.8. The molecule has 0 spiro atoms. The highest BCUT2D eigenvalue weighted by Gasteiger charge is 2.56. The normalized spacial score (nSPS) is 16.2. The van der Waals surface area contributed by atoms with Gasteiger partial charge in [-0.15, -0.1) is 0 Å². The standard InChI is InChI=1S/C119H75B3N6O2/c1-118(2,3)76-64-99-107-100(65-76)126(113-79(72-36-12-6-13-37-72)48-29-49-80(113)73-38-14-7-15-39-73)104-69-102-109-117-111(104)122(107)110-103(125(99)112-77(70-32-8-4-9-33-70)46-28-47-78(112)71-34-10-5-11-35-71)68-101-108-116(110)129-105-66-74(60-62-89(105)120(108)91-52-30-50-87-85-44-16-22-54-93(85)123(101)114(87)91)119(127-95-56-24-18-40-81(95)82-41-19-25-57-96(82)127,128-97-58-26-20-42-83(97)84-43-21-27-59-98(84)128)75-61-63-90(106(67-75)130-117)121(109)92-53-31-51-88-86-45-17-23-55-94(86)124(102)115(88)92/h4-69H,1-3H3/i16D,17D,22D,23D,30D,31D,44D,45D,50D,51D,52D,53D,54D,55D,60D,61D,62D,63D,66D,67D. The first-order valence-corrected chi connectivity index (χ1v) is 43.9. The van der Waals surface area contributed by atoms with Crippen LogP contribution in [0.2, 0.25) is 0 Å². The van der Waals surface area contributed by atoms with Crippen molar-refractivity contribution in [3.05, 3.63) is 417 Å². The number of benzene rings is 19. The van der Waals surface area contributed by atoms with Crippen molar-refractivity contribution >= 4 is 191 Å². The van der Waals surface area contributed by atoms with E-state index in [1.165, 1.54) is 0 Å². The molecule has 130 heavy (non-hydrogen) atoms. The van der Waals surface area contributed by atoms with Gasteiger partial charge in [-0.25, -0.2) is 0 Å². The van der Waals surface area contributed by atoms with Crippen molar-refractivity contribution in [1.29, 1.82) is 0 Å². The lowest BCUT2D eigenvalue weighted by Crippen LogP contribution is -2.67. The number of anilines is 6. The van der Waals surface area contributed by atoms with Crippen molar-refractivity contribution in [3.63, 3.8) is 0 Å². The van der Waals surface area contributed by atoms with Crippen LogP contribution in [0.4, 0.5) is 34.1 Å². The fraction of sp³-hybridized carbons (Fsp3) is 0.0420. The van der Waals surface area contributed by atoms with Crippen LogP contribution in [0.3, 0.4) is 0 Å². The Bertz CT molecular complexity index is 9550. The summed E-state index contributed by atoms with van der Waals surface area (Å²) in [5.74, 6) is -0.824. The summed E-state index contributed by atoms with van der Waals surface area (Å²) in [6, 6.07) is 78.9. The van der Waals surface area contributed by atoms with Crippen LogP contribution in [0.1, 0.15) is 64.9 Å². The Labute approximate surface area is 778 Å². The SMILES string of the molecule is [2H]c1c([2H])c2c([2H])c3c1B1c4c(cc5c(c4O3)B3c4c(cc(C(C)(C)C)cc4N(c4c(-c6ccccc6)cccc4-c4ccccc4)c4cc6c7c(c43)Oc3c([2H])c(c([2H])c([2H])c3B7c3c([2H])c([2H])c([2H])c4c7c([2H])c([2H])c([2H])c([2H])c7n-6c34)C2(n2c3ccccc3c3ccccc32)n2c3ccccc3c3ccccc32)N5c2c(-c3ccccc3)cccc2-c2ccccc2)-n2c3c([2H])c([2H])c([2H])c([2H])c3c3c([2H])c([2H])c([2H])c1c32. The molecule has 11 heteroatoms. The van der Waals surface area contributed by atoms with Gasteiger partial charge in [-0.2, -0.15) is 0 Å². The van der Waals surface area contributed by atoms with E-state index in [4.69, 9.17) is 9.47 Å². The molecule has 30 rings (SSSR count). The molecule has 6 bridgehead atoms. The van der Waals surface area contributed by atoms with Crippen molar-refractivity contribution in [3.8, 4) is 78.9 Å². The zero-order valence-electron chi connectivity index (χ0n) is 89.8. The lowest BCUT2D eigenvalue weighted by atomic mass is 9.28. The van der Waals surface area contributed by atoms with Gasteiger partial charge in [0.15, 0.2) is 5.66 Å². The molecule has 11 heterocycles. The second kappa shape index (κ2) is 25.6. The second-order valence-corrected chi connectivity index (χ2v) is 35.9. The highest BCUT2D eigenvalue weighted by Crippen LogP contribution is 2.59. The largest absolute Gasteiger partial charge is 0.459 e. The number of rotatable bonds is 8. The number of nitrogens with zero attached hydrogens (tertiary/aromatic N) is 6. The monoisotopic (exact) mass is 1670 g/mol. The number of aromatic nitrogens is 4. The van der Waals surface area contributed by atoms with Crippen molar-refractivity contribution < 1.29 is 36.9 Å². The molecule has 0 radical (unpaired) electrons. The van der Waals surface area contributed by atoms with E-state index < -0.39 is 152 Å². The predicted molar refractivity (Wildman–Crippen MR) is 542 cm³/mol. The maximum absolute atomic E-state index is 12.6. The van der Waals surface area contributed by atoms with E-state index in [0.717, 1.165) is 27.8 Å². The highest BCUT2D eigenvalue weighted by molar-refractivity contribution is 7.05. The van der Waals surface area contributed by atoms with Gasteiger partial charge in [0, 0.05) is 122 Å². The van der Waals surface area contributed by atoms with Gasteiger partial charge >= 0.3 is 0 Å². The number of para-hydroxylation sites is 10. The Hall–Kier alpha value is -16.2. The van der Waals surface area contributed by atoms with Gasteiger partial charge in [0.05, 0.1) is 71.9 Å². The summed E-state index contributed by atoms with van der Waals surface area (Å²) in [6.07, 6.45) is 0. The molecule has 7 aliphatic heterocycles. The van der Waals surface area contributed by atoms with Crippen LogP contribution in [-0.4, -0.2) is 38.4 Å². The molecule has 8 nitrogen and oxygen atoms in total. The van der Waals surface area contributed by atoms with Crippen LogP contribution < -0.4 is 68.4 Å². The van der Waals surface area contributed by atoms with Gasteiger partial charge in [-0.1, -0.05) is 348 Å². The Kier molecular flexibility index (Phi) is 10.7. The summed E-state index contributed by atoms with van der Waals surface area (Å²) in [5.41, 5.74) is 7.84. The number of ether oxygens (including phenoxy) is 2. The molecule has 0 saturated carbocycles. The minimum Gasteiger partial charge on any atom is -0.459 e. The van der Waals surface area contributed by atoms with Gasteiger partial charge < -0.3 is 37.5 Å². The molecule has 0 aliphatic carbocycles. The number of hydrogen-bond acceptors (Lipinski definition) is 4. The minimum atomic E-state index is -2.74. The smallest absolute Gasteiger partial charge is 0.261 e. The summed E-state index contributed by atoms with van der Waals surface area (Å²) < 4.78 is 243. The fourth-order valence-corrected chi connectivity index (χ4v) is 23.4. The molecule has 7 aliphatic rings. The molecular weight excluding hydrogens is 1580 g/mol. The van der Waals surface area contributed by atoms with Crippen LogP contribution >= 0.6 is 0 Å². The predicted octanol–water partition coefficient (Wildman–Crippen LogP) is 23.6. The molecule has 602 valence electrons. The van der Waals surface area contributed by atoms with Crippen LogP contribution in [0, 0.1) is 0 Å². The van der Waals surface area contributed by atoms with Crippen LogP contribution in [0.5, 0.6) is 23.0 Å². The van der Waals surface area contributed by atoms with Gasteiger partial charge in [-0.3, -0.25) is 0 Å². The summed E-state index contributed by atoms with van der Waals surface area (Å²) >= 11 is 0. The lowest BCUT2D eigenvalue weighted by molar-refractivity contribution is 0.399. The molecule has 4 aromatic heterocycles. The summed E-state index contributed by atoms with van der Waals surface area (Å²) in [4.78, 5) is 4.49. The zero-order chi connectivity index (χ0) is 102. The summed E-state index contributed by atoms with van der Waals surface area (Å²) in [6.45, 7) is 1.63. The van der Waals surface area contributed by atoms with E-state index in [0.29, 0.717) is 105 Å². The average Bonchev–Trinajstić information content (AvgIpc) is 1.25. The van der Waals surface area contributed by atoms with Crippen LogP contribution in [-0.2, 0) is 11.1 Å². The third kappa shape index (κ3) is 9.03. The third-order valence-electron chi connectivity index (χ3n) is 28.5. The van der Waals surface area contributed by atoms with E-state index in [-0.39, 0.29) is 133 Å². The topological polar surface area (TPSA) is 44.7 Å². The maximum Gasteiger partial charge on any atom is 0.261 e. The first-order chi connectivity index (χ1) is 72.6. The quantitative estimate of drug-likeness (QED) is 0.142. The first-order valence-electron chi connectivity index (χ1n) is 53.9. The van der Waals surface area contributed by atoms with Crippen molar-refractivity contribution in [1.82, 2.24) is 18.3 Å². The molecule has 0 fully saturated rings. The highest BCUT2D eigenvalue weighted by atomic mass is 16.5. The second-order valence-electron chi connectivity index (χ2n) is 35.9. The van der Waals surface area contributed by atoms with Gasteiger partial charge in [0.25, 0.3) is 20.1 Å². The number of hydrogen-bond donors (Lipinski definition) is 0.